The molecule has 1 amide bonds. The summed E-state index contributed by atoms with van der Waals surface area (Å²) in [6, 6.07) is -0.243. The molecule has 4 fully saturated rings. The topological polar surface area (TPSA) is 119 Å². The van der Waals surface area contributed by atoms with Gasteiger partial charge in [0.15, 0.2) is 0 Å². The van der Waals surface area contributed by atoms with E-state index in [1.807, 2.05) is 13.1 Å². The zero-order valence-corrected chi connectivity index (χ0v) is 29.9. The van der Waals surface area contributed by atoms with Crippen LogP contribution in [0.5, 0.6) is 0 Å². The van der Waals surface area contributed by atoms with Gasteiger partial charge in [-0.25, -0.2) is 14.8 Å². The number of ether oxygens (including phenoxy) is 1. The molecule has 9 heteroatoms. The molecule has 2 heterocycles. The zero-order chi connectivity index (χ0) is 33.4. The lowest BCUT2D eigenvalue weighted by Gasteiger charge is -2.67. The van der Waals surface area contributed by atoms with Crippen molar-refractivity contribution in [3.8, 4) is 0 Å². The predicted molar refractivity (Wildman–Crippen MR) is 186 cm³/mol. The lowest BCUT2D eigenvalue weighted by atomic mass is 9.41. The van der Waals surface area contributed by atoms with Crippen molar-refractivity contribution in [2.24, 2.45) is 46.3 Å². The van der Waals surface area contributed by atoms with E-state index in [9.17, 15) is 9.90 Å². The summed E-state index contributed by atoms with van der Waals surface area (Å²) in [6.07, 6.45) is 19.8. The molecule has 0 radical (unpaired) electrons. The number of aromatic nitrogens is 4. The van der Waals surface area contributed by atoms with Crippen molar-refractivity contribution < 1.29 is 14.6 Å². The number of fused-ring (bicyclic) bond motifs is 5. The molecule has 47 heavy (non-hydrogen) atoms. The van der Waals surface area contributed by atoms with Crippen LogP contribution in [0.15, 0.2) is 25.0 Å². The van der Waals surface area contributed by atoms with Crippen LogP contribution in [0, 0.1) is 46.3 Å². The first-order chi connectivity index (χ1) is 22.5. The minimum atomic E-state index is -0.967. The van der Waals surface area contributed by atoms with E-state index in [0.717, 1.165) is 55.7 Å². The molecule has 10 atom stereocenters. The Bertz CT molecular complexity index is 1300. The monoisotopic (exact) mass is 650 g/mol. The number of aliphatic hydroxyl groups is 1. The number of carbonyl (C=O) groups is 1. The fourth-order valence-corrected chi connectivity index (χ4v) is 11.6. The Hall–Kier alpha value is -2.39. The van der Waals surface area contributed by atoms with Gasteiger partial charge in [-0.3, -0.25) is 4.90 Å². The van der Waals surface area contributed by atoms with Crippen molar-refractivity contribution in [3.63, 3.8) is 0 Å². The van der Waals surface area contributed by atoms with E-state index >= 15 is 0 Å². The highest BCUT2D eigenvalue weighted by molar-refractivity contribution is 5.87. The van der Waals surface area contributed by atoms with Crippen LogP contribution >= 0.6 is 0 Å². The standard InChI is InChI=1S/C38H62N6O3/c1-7-47-35(45)44(34-22-40-24-43-34)28-13-17-37(6)32-14-16-36(5)30(26(4)10-8-9-25(2)3)11-12-31(36)29(32)19-33(38(37,46)20-28)41-18-15-27-21-39-23-42-27/h21-26,28-33,41,46H,7-20H2,1-6H3,(H,39,42)(H,40,43)/t26-,28+,29+,30-,31+,32+,33-,36-,37-,38+/m1/s1. The molecule has 0 unspecified atom stereocenters. The summed E-state index contributed by atoms with van der Waals surface area (Å²) in [7, 11) is 0. The summed E-state index contributed by atoms with van der Waals surface area (Å²) in [5.74, 6) is 4.76. The number of hydrogen-bond acceptors (Lipinski definition) is 6. The van der Waals surface area contributed by atoms with Crippen molar-refractivity contribution >= 4 is 11.9 Å². The molecule has 2 aromatic heterocycles. The van der Waals surface area contributed by atoms with Crippen LogP contribution in [0.1, 0.15) is 118 Å². The van der Waals surface area contributed by atoms with Gasteiger partial charge in [0.05, 0.1) is 31.1 Å². The summed E-state index contributed by atoms with van der Waals surface area (Å²) in [5.41, 5.74) is 0.273. The van der Waals surface area contributed by atoms with Crippen molar-refractivity contribution in [2.75, 3.05) is 18.1 Å². The van der Waals surface area contributed by atoms with Crippen molar-refractivity contribution in [2.45, 2.75) is 136 Å². The molecular formula is C38H62N6O3. The van der Waals surface area contributed by atoms with Crippen molar-refractivity contribution in [1.29, 1.82) is 0 Å². The Morgan fingerprint density at radius 2 is 1.85 bits per heavy atom. The molecule has 4 saturated carbocycles. The van der Waals surface area contributed by atoms with Crippen LogP contribution in [-0.4, -0.2) is 62.0 Å². The number of rotatable bonds is 12. The second-order valence-corrected chi connectivity index (χ2v) is 16.7. The van der Waals surface area contributed by atoms with Crippen molar-refractivity contribution in [1.82, 2.24) is 25.3 Å². The fourth-order valence-electron chi connectivity index (χ4n) is 11.6. The molecule has 9 nitrogen and oxygen atoms in total. The molecular weight excluding hydrogens is 588 g/mol. The first kappa shape index (κ1) is 34.5. The summed E-state index contributed by atoms with van der Waals surface area (Å²) in [5, 5.41) is 17.2. The van der Waals surface area contributed by atoms with E-state index in [4.69, 9.17) is 4.74 Å². The Labute approximate surface area is 282 Å². The summed E-state index contributed by atoms with van der Waals surface area (Å²) in [4.78, 5) is 29.9. The van der Waals surface area contributed by atoms with Crippen LogP contribution in [0.3, 0.4) is 0 Å². The van der Waals surface area contributed by atoms with Gasteiger partial charge in [0.25, 0.3) is 0 Å². The molecule has 2 aromatic rings. The van der Waals surface area contributed by atoms with Gasteiger partial charge >= 0.3 is 6.09 Å². The summed E-state index contributed by atoms with van der Waals surface area (Å²) in [6.45, 7) is 15.2. The number of imidazole rings is 2. The number of hydrogen-bond donors (Lipinski definition) is 4. The van der Waals surface area contributed by atoms with E-state index in [2.05, 4.69) is 59.9 Å². The van der Waals surface area contributed by atoms with Gasteiger partial charge in [-0.05, 0) is 99.2 Å². The Balaban J connectivity index is 1.28. The van der Waals surface area contributed by atoms with E-state index in [0.29, 0.717) is 42.0 Å². The Kier molecular flexibility index (Phi) is 10.2. The predicted octanol–water partition coefficient (Wildman–Crippen LogP) is 7.51. The van der Waals surface area contributed by atoms with Gasteiger partial charge in [-0.1, -0.05) is 53.9 Å². The highest BCUT2D eigenvalue weighted by atomic mass is 16.6. The second kappa shape index (κ2) is 13.9. The third-order valence-corrected chi connectivity index (χ3v) is 14.0. The van der Waals surface area contributed by atoms with Gasteiger partial charge in [0.1, 0.15) is 5.82 Å². The van der Waals surface area contributed by atoms with Crippen molar-refractivity contribution in [3.05, 3.63) is 30.7 Å². The van der Waals surface area contributed by atoms with Gasteiger partial charge in [0, 0.05) is 42.4 Å². The SMILES string of the molecule is CCOC(=O)N(c1cnc[nH]1)[C@H]1CC[C@]2(C)[C@H]3CC[C@]4(C)[C@@H]([C@H](C)CCCC(C)C)CC[C@H]4[C@@H]3C[C@@H](NCCc3cnc[nH]3)[C@@]2(O)C1. The molecule has 0 aromatic carbocycles. The average molecular weight is 651 g/mol. The van der Waals surface area contributed by atoms with Crippen LogP contribution in [0.25, 0.3) is 0 Å². The van der Waals surface area contributed by atoms with E-state index in [1.54, 1.807) is 23.8 Å². The minimum absolute atomic E-state index is 0.0600. The minimum Gasteiger partial charge on any atom is -0.449 e. The van der Waals surface area contributed by atoms with Crippen LogP contribution in [0.2, 0.25) is 0 Å². The maximum Gasteiger partial charge on any atom is 0.415 e. The largest absolute Gasteiger partial charge is 0.449 e. The highest BCUT2D eigenvalue weighted by Crippen LogP contribution is 2.69. The zero-order valence-electron chi connectivity index (χ0n) is 29.9. The van der Waals surface area contributed by atoms with Crippen LogP contribution in [0.4, 0.5) is 10.6 Å². The third kappa shape index (κ3) is 6.28. The van der Waals surface area contributed by atoms with Gasteiger partial charge in [0.2, 0.25) is 0 Å². The lowest BCUT2D eigenvalue weighted by molar-refractivity contribution is -0.222. The number of H-pyrrole nitrogens is 2. The van der Waals surface area contributed by atoms with E-state index in [-0.39, 0.29) is 23.6 Å². The highest BCUT2D eigenvalue weighted by Gasteiger charge is 2.68. The van der Waals surface area contributed by atoms with Gasteiger partial charge in [-0.2, -0.15) is 0 Å². The Morgan fingerprint density at radius 1 is 1.06 bits per heavy atom. The lowest BCUT2D eigenvalue weighted by Crippen LogP contribution is -2.72. The van der Waals surface area contributed by atoms with E-state index < -0.39 is 5.60 Å². The number of aromatic amines is 2. The maximum atomic E-state index is 13.4. The van der Waals surface area contributed by atoms with Gasteiger partial charge in [-0.15, -0.1) is 0 Å². The van der Waals surface area contributed by atoms with Crippen LogP contribution < -0.4 is 10.2 Å². The Morgan fingerprint density at radius 3 is 2.55 bits per heavy atom. The number of nitrogens with zero attached hydrogens (tertiary/aromatic N) is 3. The number of amides is 1. The van der Waals surface area contributed by atoms with E-state index in [1.165, 1.54) is 44.9 Å². The molecule has 4 N–H and O–H groups in total. The molecule has 4 aliphatic carbocycles. The summed E-state index contributed by atoms with van der Waals surface area (Å²) < 4.78 is 5.55. The molecule has 0 spiro atoms. The quantitative estimate of drug-likeness (QED) is 0.189. The first-order valence-corrected chi connectivity index (χ1v) is 18.9. The molecule has 6 rings (SSSR count). The fraction of sp³-hybridized carbons (Fsp3) is 0.816. The summed E-state index contributed by atoms with van der Waals surface area (Å²) >= 11 is 0. The third-order valence-electron chi connectivity index (χ3n) is 14.0. The molecule has 262 valence electrons. The molecule has 0 bridgehead atoms. The second-order valence-electron chi connectivity index (χ2n) is 16.7. The van der Waals surface area contributed by atoms with Gasteiger partial charge < -0.3 is 25.1 Å². The van der Waals surface area contributed by atoms with Crippen LogP contribution in [-0.2, 0) is 11.2 Å². The molecule has 4 aliphatic rings. The molecule has 0 aliphatic heterocycles. The number of nitrogens with one attached hydrogen (secondary N) is 3. The smallest absolute Gasteiger partial charge is 0.415 e. The normalized spacial score (nSPS) is 37.2. The number of carbonyl (C=O) groups excluding carboxylic acids is 1. The number of anilines is 1. The molecule has 0 saturated heterocycles. The maximum absolute atomic E-state index is 13.4. The first-order valence-electron chi connectivity index (χ1n) is 18.9. The average Bonchev–Trinajstić information content (AvgIpc) is 3.80.